The molecule has 120 valence electrons. The van der Waals surface area contributed by atoms with Crippen molar-refractivity contribution in [1.29, 1.82) is 0 Å². The Morgan fingerprint density at radius 1 is 1.19 bits per heavy atom. The fraction of sp³-hybridized carbons (Fsp3) is 0.625. The zero-order valence-corrected chi connectivity index (χ0v) is 14.4. The van der Waals surface area contributed by atoms with Gasteiger partial charge in [-0.3, -0.25) is 0 Å². The van der Waals surface area contributed by atoms with Crippen LogP contribution in [-0.4, -0.2) is 21.5 Å². The minimum absolute atomic E-state index is 0.291. The summed E-state index contributed by atoms with van der Waals surface area (Å²) in [5.41, 5.74) is 1.87. The van der Waals surface area contributed by atoms with Crippen LogP contribution in [0.2, 0.25) is 0 Å². The topological polar surface area (TPSA) is 58.2 Å². The highest BCUT2D eigenvalue weighted by Crippen LogP contribution is 2.19. The molecule has 0 heterocycles. The molecule has 0 amide bonds. The Kier molecular flexibility index (Phi) is 7.35. The molecule has 1 rings (SSSR count). The molecule has 0 aliphatic carbocycles. The highest BCUT2D eigenvalue weighted by atomic mass is 32.2. The maximum atomic E-state index is 12.5. The van der Waals surface area contributed by atoms with E-state index in [1.54, 1.807) is 6.07 Å². The summed E-state index contributed by atoms with van der Waals surface area (Å²) in [4.78, 5) is 0.418. The van der Waals surface area contributed by atoms with Crippen LogP contribution in [0.1, 0.15) is 45.2 Å². The van der Waals surface area contributed by atoms with Gasteiger partial charge in [0.15, 0.2) is 0 Å². The second-order valence-corrected chi connectivity index (χ2v) is 7.45. The number of sulfonamides is 1. The molecular weight excluding hydrogens is 284 g/mol. The smallest absolute Gasteiger partial charge is 0.240 e. The van der Waals surface area contributed by atoms with Crippen LogP contribution in [0.25, 0.3) is 0 Å². The van der Waals surface area contributed by atoms with Crippen molar-refractivity contribution in [2.75, 3.05) is 13.1 Å². The SMILES string of the molecule is CCCNCc1ccc(CC)c(S(=O)(=O)NCC(C)C)c1. The first-order valence-corrected chi connectivity index (χ1v) is 9.21. The molecule has 0 aliphatic heterocycles. The second kappa shape index (κ2) is 8.51. The highest BCUT2D eigenvalue weighted by Gasteiger charge is 2.18. The molecule has 1 aromatic carbocycles. The van der Waals surface area contributed by atoms with Gasteiger partial charge in [-0.2, -0.15) is 0 Å². The minimum Gasteiger partial charge on any atom is -0.313 e. The van der Waals surface area contributed by atoms with Crippen molar-refractivity contribution in [2.24, 2.45) is 5.92 Å². The third kappa shape index (κ3) is 5.77. The molecule has 5 heteroatoms. The lowest BCUT2D eigenvalue weighted by Gasteiger charge is -2.14. The van der Waals surface area contributed by atoms with Crippen molar-refractivity contribution in [1.82, 2.24) is 10.0 Å². The van der Waals surface area contributed by atoms with E-state index < -0.39 is 10.0 Å². The lowest BCUT2D eigenvalue weighted by Crippen LogP contribution is -2.28. The molecule has 0 unspecified atom stereocenters. The Balaban J connectivity index is 2.99. The van der Waals surface area contributed by atoms with Gasteiger partial charge in [0.2, 0.25) is 10.0 Å². The Morgan fingerprint density at radius 3 is 2.48 bits per heavy atom. The zero-order valence-electron chi connectivity index (χ0n) is 13.6. The number of aryl methyl sites for hydroxylation is 1. The Bertz CT molecular complexity index is 539. The minimum atomic E-state index is -3.43. The Hall–Kier alpha value is -0.910. The number of nitrogens with one attached hydrogen (secondary N) is 2. The molecule has 0 spiro atoms. The maximum absolute atomic E-state index is 12.5. The quantitative estimate of drug-likeness (QED) is 0.689. The Morgan fingerprint density at radius 2 is 1.90 bits per heavy atom. The lowest BCUT2D eigenvalue weighted by molar-refractivity contribution is 0.559. The van der Waals surface area contributed by atoms with Crippen LogP contribution in [-0.2, 0) is 23.0 Å². The van der Waals surface area contributed by atoms with Crippen LogP contribution in [0, 0.1) is 5.92 Å². The predicted octanol–water partition coefficient (Wildman–Crippen LogP) is 2.68. The molecule has 4 nitrogen and oxygen atoms in total. The van der Waals surface area contributed by atoms with Crippen LogP contribution in [0.3, 0.4) is 0 Å². The number of hydrogen-bond donors (Lipinski definition) is 2. The van der Waals surface area contributed by atoms with E-state index in [0.29, 0.717) is 30.3 Å². The van der Waals surface area contributed by atoms with Crippen molar-refractivity contribution in [3.63, 3.8) is 0 Å². The monoisotopic (exact) mass is 312 g/mol. The van der Waals surface area contributed by atoms with Gasteiger partial charge in [-0.05, 0) is 42.5 Å². The van der Waals surface area contributed by atoms with Crippen molar-refractivity contribution in [2.45, 2.75) is 52.0 Å². The fourth-order valence-electron chi connectivity index (χ4n) is 2.01. The highest BCUT2D eigenvalue weighted by molar-refractivity contribution is 7.89. The van der Waals surface area contributed by atoms with Gasteiger partial charge in [-0.1, -0.05) is 39.8 Å². The molecule has 0 aliphatic rings. The van der Waals surface area contributed by atoms with E-state index >= 15 is 0 Å². The van der Waals surface area contributed by atoms with Gasteiger partial charge < -0.3 is 5.32 Å². The molecule has 1 aromatic rings. The molecule has 0 saturated carbocycles. The van der Waals surface area contributed by atoms with Gasteiger partial charge in [-0.15, -0.1) is 0 Å². The largest absolute Gasteiger partial charge is 0.313 e. The molecule has 0 bridgehead atoms. The maximum Gasteiger partial charge on any atom is 0.240 e. The van der Waals surface area contributed by atoms with Crippen LogP contribution in [0.4, 0.5) is 0 Å². The summed E-state index contributed by atoms with van der Waals surface area (Å²) < 4.78 is 27.6. The molecule has 2 N–H and O–H groups in total. The van der Waals surface area contributed by atoms with E-state index in [-0.39, 0.29) is 0 Å². The fourth-order valence-corrected chi connectivity index (χ4v) is 3.59. The molecule has 0 atom stereocenters. The van der Waals surface area contributed by atoms with Gasteiger partial charge in [0.05, 0.1) is 4.90 Å². The van der Waals surface area contributed by atoms with Gasteiger partial charge in [0.1, 0.15) is 0 Å². The first-order valence-electron chi connectivity index (χ1n) is 7.72. The van der Waals surface area contributed by atoms with Crippen LogP contribution >= 0.6 is 0 Å². The average molecular weight is 312 g/mol. The summed E-state index contributed by atoms with van der Waals surface area (Å²) >= 11 is 0. The van der Waals surface area contributed by atoms with E-state index in [0.717, 1.165) is 24.1 Å². The third-order valence-electron chi connectivity index (χ3n) is 3.24. The van der Waals surface area contributed by atoms with Crippen molar-refractivity contribution in [3.8, 4) is 0 Å². The number of benzene rings is 1. The van der Waals surface area contributed by atoms with Crippen molar-refractivity contribution >= 4 is 10.0 Å². The van der Waals surface area contributed by atoms with Gasteiger partial charge >= 0.3 is 0 Å². The molecule has 0 fully saturated rings. The lowest BCUT2D eigenvalue weighted by atomic mass is 10.1. The summed E-state index contributed by atoms with van der Waals surface area (Å²) in [6.45, 7) is 10.2. The first kappa shape index (κ1) is 18.1. The van der Waals surface area contributed by atoms with Gasteiger partial charge in [-0.25, -0.2) is 13.1 Å². The molecule has 0 radical (unpaired) electrons. The second-order valence-electron chi connectivity index (χ2n) is 5.72. The summed E-state index contributed by atoms with van der Waals surface area (Å²) in [5, 5.41) is 3.30. The molecule has 0 aromatic heterocycles. The predicted molar refractivity (Wildman–Crippen MR) is 87.8 cm³/mol. The van der Waals surface area contributed by atoms with Crippen LogP contribution < -0.4 is 10.0 Å². The average Bonchev–Trinajstić information content (AvgIpc) is 2.45. The Labute approximate surface area is 129 Å². The zero-order chi connectivity index (χ0) is 15.9. The molecule has 21 heavy (non-hydrogen) atoms. The number of rotatable bonds is 9. The van der Waals surface area contributed by atoms with Crippen LogP contribution in [0.5, 0.6) is 0 Å². The van der Waals surface area contributed by atoms with Crippen molar-refractivity contribution in [3.05, 3.63) is 29.3 Å². The molecular formula is C16H28N2O2S. The normalized spacial score (nSPS) is 12.0. The summed E-state index contributed by atoms with van der Waals surface area (Å²) in [6, 6.07) is 5.72. The van der Waals surface area contributed by atoms with E-state index in [1.807, 2.05) is 32.9 Å². The van der Waals surface area contributed by atoms with Crippen LogP contribution in [0.15, 0.2) is 23.1 Å². The summed E-state index contributed by atoms with van der Waals surface area (Å²) in [5.74, 6) is 0.291. The number of hydrogen-bond acceptors (Lipinski definition) is 3. The first-order chi connectivity index (χ1) is 9.90. The summed E-state index contributed by atoms with van der Waals surface area (Å²) in [7, 11) is -3.43. The van der Waals surface area contributed by atoms with E-state index in [4.69, 9.17) is 0 Å². The van der Waals surface area contributed by atoms with E-state index in [1.165, 1.54) is 0 Å². The summed E-state index contributed by atoms with van der Waals surface area (Å²) in [6.07, 6.45) is 1.77. The van der Waals surface area contributed by atoms with E-state index in [2.05, 4.69) is 17.0 Å². The molecule has 0 saturated heterocycles. The van der Waals surface area contributed by atoms with Gasteiger partial charge in [0, 0.05) is 13.1 Å². The van der Waals surface area contributed by atoms with E-state index in [9.17, 15) is 8.42 Å². The standard InChI is InChI=1S/C16H28N2O2S/c1-5-9-17-12-14-7-8-15(6-2)16(10-14)21(19,20)18-11-13(3)4/h7-8,10,13,17-18H,5-6,9,11-12H2,1-4H3. The van der Waals surface area contributed by atoms with Crippen molar-refractivity contribution < 1.29 is 8.42 Å². The van der Waals surface area contributed by atoms with Gasteiger partial charge in [0.25, 0.3) is 0 Å². The third-order valence-corrected chi connectivity index (χ3v) is 4.75.